The lowest BCUT2D eigenvalue weighted by Crippen LogP contribution is -2.31. The van der Waals surface area contributed by atoms with Gasteiger partial charge in [0.05, 0.1) is 0 Å². The molecule has 0 aliphatic carbocycles. The molecule has 0 aliphatic rings. The highest BCUT2D eigenvalue weighted by Gasteiger charge is 2.05. The normalized spacial score (nSPS) is 10.1. The van der Waals surface area contributed by atoms with Crippen molar-refractivity contribution in [1.29, 1.82) is 5.41 Å². The van der Waals surface area contributed by atoms with Crippen LogP contribution in [0.1, 0.15) is 19.4 Å². The van der Waals surface area contributed by atoms with Crippen molar-refractivity contribution < 1.29 is 4.39 Å². The van der Waals surface area contributed by atoms with Gasteiger partial charge in [-0.25, -0.2) is 4.39 Å². The van der Waals surface area contributed by atoms with Crippen LogP contribution in [0, 0.1) is 11.2 Å². The Bertz CT molecular complexity index is 315. The Morgan fingerprint density at radius 2 is 1.73 bits per heavy atom. The first-order valence-electron chi connectivity index (χ1n) is 5.24. The molecule has 0 fully saturated rings. The van der Waals surface area contributed by atoms with Crippen LogP contribution in [0.2, 0.25) is 0 Å². The van der Waals surface area contributed by atoms with E-state index in [1.807, 2.05) is 18.7 Å². The van der Waals surface area contributed by atoms with Crippen LogP contribution in [0.15, 0.2) is 24.3 Å². The zero-order valence-electron chi connectivity index (χ0n) is 9.26. The molecule has 0 spiro atoms. The number of amidine groups is 1. The fourth-order valence-electron chi connectivity index (χ4n) is 1.51. The van der Waals surface area contributed by atoms with Gasteiger partial charge in [0.2, 0.25) is 0 Å². The molecular formula is C12H17FN2. The van der Waals surface area contributed by atoms with Crippen molar-refractivity contribution in [2.24, 2.45) is 0 Å². The van der Waals surface area contributed by atoms with Crippen LogP contribution >= 0.6 is 0 Å². The molecule has 15 heavy (non-hydrogen) atoms. The Morgan fingerprint density at radius 3 is 2.20 bits per heavy atom. The molecule has 0 saturated heterocycles. The van der Waals surface area contributed by atoms with Crippen molar-refractivity contribution in [1.82, 2.24) is 4.90 Å². The molecular weight excluding hydrogens is 191 g/mol. The third-order valence-corrected chi connectivity index (χ3v) is 2.43. The summed E-state index contributed by atoms with van der Waals surface area (Å²) >= 11 is 0. The lowest BCUT2D eigenvalue weighted by Gasteiger charge is -2.21. The summed E-state index contributed by atoms with van der Waals surface area (Å²) in [6.45, 7) is 5.75. The summed E-state index contributed by atoms with van der Waals surface area (Å²) in [5.41, 5.74) is 0.980. The highest BCUT2D eigenvalue weighted by Crippen LogP contribution is 2.05. The molecule has 3 heteroatoms. The maximum Gasteiger partial charge on any atom is 0.123 e. The zero-order chi connectivity index (χ0) is 11.3. The predicted molar refractivity (Wildman–Crippen MR) is 60.8 cm³/mol. The molecule has 0 amide bonds. The minimum atomic E-state index is -0.229. The summed E-state index contributed by atoms with van der Waals surface area (Å²) in [5, 5.41) is 7.87. The van der Waals surface area contributed by atoms with Gasteiger partial charge in [0.15, 0.2) is 0 Å². The Kier molecular flexibility index (Phi) is 4.28. The smallest absolute Gasteiger partial charge is 0.123 e. The first-order chi connectivity index (χ1) is 7.17. The first kappa shape index (κ1) is 11.7. The van der Waals surface area contributed by atoms with E-state index in [2.05, 4.69) is 0 Å². The Labute approximate surface area is 90.2 Å². The van der Waals surface area contributed by atoms with Crippen LogP contribution < -0.4 is 0 Å². The molecule has 1 aromatic rings. The van der Waals surface area contributed by atoms with Gasteiger partial charge in [0.1, 0.15) is 11.7 Å². The highest BCUT2D eigenvalue weighted by molar-refractivity contribution is 5.81. The van der Waals surface area contributed by atoms with Gasteiger partial charge >= 0.3 is 0 Å². The monoisotopic (exact) mass is 208 g/mol. The third kappa shape index (κ3) is 3.35. The average molecular weight is 208 g/mol. The summed E-state index contributed by atoms with van der Waals surface area (Å²) in [4.78, 5) is 1.99. The van der Waals surface area contributed by atoms with Crippen LogP contribution in [0.4, 0.5) is 4.39 Å². The van der Waals surface area contributed by atoms with E-state index >= 15 is 0 Å². The van der Waals surface area contributed by atoms with Crippen LogP contribution in [-0.2, 0) is 6.42 Å². The van der Waals surface area contributed by atoms with Gasteiger partial charge < -0.3 is 4.90 Å². The van der Waals surface area contributed by atoms with Gasteiger partial charge in [-0.3, -0.25) is 5.41 Å². The van der Waals surface area contributed by atoms with Crippen molar-refractivity contribution >= 4 is 5.84 Å². The summed E-state index contributed by atoms with van der Waals surface area (Å²) in [6, 6.07) is 6.33. The molecule has 1 rings (SSSR count). The van der Waals surface area contributed by atoms with E-state index in [4.69, 9.17) is 5.41 Å². The molecule has 0 aromatic heterocycles. The summed E-state index contributed by atoms with van der Waals surface area (Å²) in [7, 11) is 0. The van der Waals surface area contributed by atoms with Crippen LogP contribution in [0.5, 0.6) is 0 Å². The maximum absolute atomic E-state index is 12.7. The molecule has 1 aromatic carbocycles. The molecule has 0 unspecified atom stereocenters. The molecule has 0 aliphatic heterocycles. The second-order valence-electron chi connectivity index (χ2n) is 3.42. The standard InChI is InChI=1S/C12H17FN2/c1-3-15(4-2)12(14)9-10-5-7-11(13)8-6-10/h5-8,14H,3-4,9H2,1-2H3. The minimum absolute atomic E-state index is 0.229. The van der Waals surface area contributed by atoms with E-state index in [1.165, 1.54) is 12.1 Å². The van der Waals surface area contributed by atoms with E-state index < -0.39 is 0 Å². The van der Waals surface area contributed by atoms with E-state index in [-0.39, 0.29) is 5.82 Å². The van der Waals surface area contributed by atoms with Gasteiger partial charge in [-0.1, -0.05) is 12.1 Å². The van der Waals surface area contributed by atoms with Crippen LogP contribution in [0.3, 0.4) is 0 Å². The zero-order valence-corrected chi connectivity index (χ0v) is 9.26. The highest BCUT2D eigenvalue weighted by atomic mass is 19.1. The quantitative estimate of drug-likeness (QED) is 0.597. The van der Waals surface area contributed by atoms with Crippen molar-refractivity contribution in [2.75, 3.05) is 13.1 Å². The van der Waals surface area contributed by atoms with Gasteiger partial charge in [0, 0.05) is 19.5 Å². The summed E-state index contributed by atoms with van der Waals surface area (Å²) in [5.74, 6) is 0.361. The van der Waals surface area contributed by atoms with E-state index in [9.17, 15) is 4.39 Å². The Hall–Kier alpha value is -1.38. The molecule has 0 radical (unpaired) electrons. The first-order valence-corrected chi connectivity index (χ1v) is 5.24. The third-order valence-electron chi connectivity index (χ3n) is 2.43. The molecule has 0 heterocycles. The van der Waals surface area contributed by atoms with E-state index in [1.54, 1.807) is 12.1 Å². The SMILES string of the molecule is CCN(CC)C(=N)Cc1ccc(F)cc1. The topological polar surface area (TPSA) is 27.1 Å². The number of nitrogens with one attached hydrogen (secondary N) is 1. The number of rotatable bonds is 4. The molecule has 2 nitrogen and oxygen atoms in total. The fourth-order valence-corrected chi connectivity index (χ4v) is 1.51. The minimum Gasteiger partial charge on any atom is -0.361 e. The second kappa shape index (κ2) is 5.49. The van der Waals surface area contributed by atoms with Crippen molar-refractivity contribution in [3.05, 3.63) is 35.6 Å². The molecule has 82 valence electrons. The van der Waals surface area contributed by atoms with Crippen LogP contribution in [-0.4, -0.2) is 23.8 Å². The lowest BCUT2D eigenvalue weighted by molar-refractivity contribution is 0.455. The second-order valence-corrected chi connectivity index (χ2v) is 3.42. The number of halogens is 1. The maximum atomic E-state index is 12.7. The predicted octanol–water partition coefficient (Wildman–Crippen LogP) is 2.69. The van der Waals surface area contributed by atoms with Crippen molar-refractivity contribution in [2.45, 2.75) is 20.3 Å². The number of benzene rings is 1. The number of hydrogen-bond acceptors (Lipinski definition) is 1. The van der Waals surface area contributed by atoms with Gasteiger partial charge in [0.25, 0.3) is 0 Å². The van der Waals surface area contributed by atoms with Crippen molar-refractivity contribution in [3.63, 3.8) is 0 Å². The molecule has 1 N–H and O–H groups in total. The number of likely N-dealkylation sites (N-methyl/N-ethyl adjacent to an activating group) is 1. The van der Waals surface area contributed by atoms with Crippen molar-refractivity contribution in [3.8, 4) is 0 Å². The Balaban J connectivity index is 2.61. The van der Waals surface area contributed by atoms with Gasteiger partial charge in [-0.2, -0.15) is 0 Å². The summed E-state index contributed by atoms with van der Waals surface area (Å²) in [6.07, 6.45) is 0.571. The molecule has 0 atom stereocenters. The fraction of sp³-hybridized carbons (Fsp3) is 0.417. The molecule has 0 bridgehead atoms. The largest absolute Gasteiger partial charge is 0.361 e. The van der Waals surface area contributed by atoms with Gasteiger partial charge in [-0.05, 0) is 31.5 Å². The Morgan fingerprint density at radius 1 is 1.20 bits per heavy atom. The van der Waals surface area contributed by atoms with Gasteiger partial charge in [-0.15, -0.1) is 0 Å². The van der Waals surface area contributed by atoms with Crippen LogP contribution in [0.25, 0.3) is 0 Å². The lowest BCUT2D eigenvalue weighted by atomic mass is 10.1. The van der Waals surface area contributed by atoms with E-state index in [0.29, 0.717) is 12.3 Å². The molecule has 0 saturated carbocycles. The number of nitrogens with zero attached hydrogens (tertiary/aromatic N) is 1. The summed E-state index contributed by atoms with van der Waals surface area (Å²) < 4.78 is 12.7. The number of hydrogen-bond donors (Lipinski definition) is 1. The van der Waals surface area contributed by atoms with E-state index in [0.717, 1.165) is 18.7 Å². The average Bonchev–Trinajstić information content (AvgIpc) is 2.23.